The fourth-order valence-corrected chi connectivity index (χ4v) is 2.02. The van der Waals surface area contributed by atoms with E-state index in [1.54, 1.807) is 6.20 Å². The minimum Gasteiger partial charge on any atom is -0.481 e. The SMILES string of the molecule is Cc1ncc(CC(C)C)c2nc(CC(=O)O)cn12. The molecule has 2 aromatic heterocycles. The number of aliphatic carboxylic acids is 1. The van der Waals surface area contributed by atoms with Crippen LogP contribution in [0.5, 0.6) is 0 Å². The molecule has 0 aliphatic heterocycles. The van der Waals surface area contributed by atoms with Crippen molar-refractivity contribution >= 4 is 11.6 Å². The zero-order valence-corrected chi connectivity index (χ0v) is 10.8. The average molecular weight is 247 g/mol. The van der Waals surface area contributed by atoms with Gasteiger partial charge in [-0.2, -0.15) is 0 Å². The van der Waals surface area contributed by atoms with Gasteiger partial charge in [-0.3, -0.25) is 9.20 Å². The molecule has 1 N–H and O–H groups in total. The number of aromatic nitrogens is 3. The molecule has 0 fully saturated rings. The van der Waals surface area contributed by atoms with Crippen LogP contribution in [0, 0.1) is 12.8 Å². The van der Waals surface area contributed by atoms with Gasteiger partial charge in [-0.25, -0.2) is 9.97 Å². The summed E-state index contributed by atoms with van der Waals surface area (Å²) in [4.78, 5) is 19.5. The lowest BCUT2D eigenvalue weighted by Crippen LogP contribution is -2.02. The van der Waals surface area contributed by atoms with Gasteiger partial charge in [0.15, 0.2) is 0 Å². The summed E-state index contributed by atoms with van der Waals surface area (Å²) in [6.45, 7) is 6.16. The summed E-state index contributed by atoms with van der Waals surface area (Å²) in [5, 5.41) is 8.81. The van der Waals surface area contributed by atoms with Gasteiger partial charge in [-0.15, -0.1) is 0 Å². The number of nitrogens with zero attached hydrogens (tertiary/aromatic N) is 3. The molecular weight excluding hydrogens is 230 g/mol. The van der Waals surface area contributed by atoms with E-state index in [2.05, 4.69) is 23.8 Å². The molecule has 0 aromatic carbocycles. The zero-order valence-electron chi connectivity index (χ0n) is 10.8. The summed E-state index contributed by atoms with van der Waals surface area (Å²) in [6.07, 6.45) is 4.43. The van der Waals surface area contributed by atoms with E-state index in [0.717, 1.165) is 23.5 Å². The second-order valence-electron chi connectivity index (χ2n) is 4.92. The van der Waals surface area contributed by atoms with E-state index in [0.29, 0.717) is 11.6 Å². The summed E-state index contributed by atoms with van der Waals surface area (Å²) >= 11 is 0. The van der Waals surface area contributed by atoms with Crippen LogP contribution in [0.4, 0.5) is 0 Å². The number of hydrogen-bond donors (Lipinski definition) is 1. The van der Waals surface area contributed by atoms with Gasteiger partial charge in [0.1, 0.15) is 11.5 Å². The van der Waals surface area contributed by atoms with E-state index < -0.39 is 5.97 Å². The van der Waals surface area contributed by atoms with Gasteiger partial charge in [-0.05, 0) is 19.3 Å². The summed E-state index contributed by atoms with van der Waals surface area (Å²) in [5.74, 6) is 0.467. The number of hydrogen-bond acceptors (Lipinski definition) is 3. The quantitative estimate of drug-likeness (QED) is 0.895. The van der Waals surface area contributed by atoms with Gasteiger partial charge < -0.3 is 5.11 Å². The lowest BCUT2D eigenvalue weighted by molar-refractivity contribution is -0.136. The van der Waals surface area contributed by atoms with Crippen molar-refractivity contribution in [3.05, 3.63) is 29.5 Å². The molecule has 5 nitrogen and oxygen atoms in total. The highest BCUT2D eigenvalue weighted by Gasteiger charge is 2.12. The van der Waals surface area contributed by atoms with Crippen LogP contribution in [0.25, 0.3) is 5.65 Å². The lowest BCUT2D eigenvalue weighted by atomic mass is 10.1. The van der Waals surface area contributed by atoms with Crippen molar-refractivity contribution in [3.8, 4) is 0 Å². The Bertz CT molecular complexity index is 587. The fourth-order valence-electron chi connectivity index (χ4n) is 2.02. The normalized spacial score (nSPS) is 11.3. The first-order chi connectivity index (χ1) is 8.47. The molecule has 96 valence electrons. The topological polar surface area (TPSA) is 67.5 Å². The third-order valence-electron chi connectivity index (χ3n) is 2.76. The first-order valence-electron chi connectivity index (χ1n) is 6.01. The van der Waals surface area contributed by atoms with Crippen LogP contribution < -0.4 is 0 Å². The molecule has 0 unspecified atom stereocenters. The van der Waals surface area contributed by atoms with Crippen molar-refractivity contribution in [3.63, 3.8) is 0 Å². The van der Waals surface area contributed by atoms with Crippen LogP contribution in [-0.4, -0.2) is 25.4 Å². The summed E-state index contributed by atoms with van der Waals surface area (Å²) < 4.78 is 1.87. The van der Waals surface area contributed by atoms with Gasteiger partial charge in [0.2, 0.25) is 0 Å². The van der Waals surface area contributed by atoms with Crippen LogP contribution in [0.15, 0.2) is 12.4 Å². The van der Waals surface area contributed by atoms with Crippen molar-refractivity contribution in [2.45, 2.75) is 33.6 Å². The van der Waals surface area contributed by atoms with Gasteiger partial charge in [0.25, 0.3) is 0 Å². The Morgan fingerprint density at radius 3 is 2.83 bits per heavy atom. The van der Waals surface area contributed by atoms with Crippen LogP contribution in [-0.2, 0) is 17.6 Å². The molecule has 2 aromatic rings. The molecule has 0 amide bonds. The molecule has 0 saturated heterocycles. The lowest BCUT2D eigenvalue weighted by Gasteiger charge is -2.07. The van der Waals surface area contributed by atoms with E-state index in [1.165, 1.54) is 0 Å². The van der Waals surface area contributed by atoms with E-state index in [9.17, 15) is 4.79 Å². The molecule has 0 spiro atoms. The molecule has 0 atom stereocenters. The van der Waals surface area contributed by atoms with E-state index in [-0.39, 0.29) is 6.42 Å². The zero-order chi connectivity index (χ0) is 13.3. The van der Waals surface area contributed by atoms with Crippen LogP contribution >= 0.6 is 0 Å². The highest BCUT2D eigenvalue weighted by molar-refractivity contribution is 5.70. The Kier molecular flexibility index (Phi) is 3.32. The van der Waals surface area contributed by atoms with Crippen LogP contribution in [0.2, 0.25) is 0 Å². The smallest absolute Gasteiger partial charge is 0.309 e. The number of carbonyl (C=O) groups is 1. The molecule has 0 aliphatic carbocycles. The Labute approximate surface area is 105 Å². The van der Waals surface area contributed by atoms with Gasteiger partial charge >= 0.3 is 5.97 Å². The van der Waals surface area contributed by atoms with Crippen LogP contribution in [0.1, 0.15) is 30.9 Å². The summed E-state index contributed by atoms with van der Waals surface area (Å²) in [6, 6.07) is 0. The third kappa shape index (κ3) is 2.50. The maximum atomic E-state index is 10.7. The average Bonchev–Trinajstić information content (AvgIpc) is 2.65. The standard InChI is InChI=1S/C13H17N3O2/c1-8(2)4-10-6-14-9(3)16-7-11(5-12(17)18)15-13(10)16/h6-8H,4-5H2,1-3H3,(H,17,18). The van der Waals surface area contributed by atoms with Crippen molar-refractivity contribution < 1.29 is 9.90 Å². The molecule has 0 saturated carbocycles. The molecule has 2 heterocycles. The van der Waals surface area contributed by atoms with Crippen molar-refractivity contribution in [2.24, 2.45) is 5.92 Å². The number of aryl methyl sites for hydroxylation is 1. The Morgan fingerprint density at radius 2 is 2.22 bits per heavy atom. The number of fused-ring (bicyclic) bond motifs is 1. The maximum absolute atomic E-state index is 10.7. The molecule has 0 bridgehead atoms. The molecule has 5 heteroatoms. The van der Waals surface area contributed by atoms with Crippen molar-refractivity contribution in [1.82, 2.24) is 14.4 Å². The van der Waals surface area contributed by atoms with Gasteiger partial charge in [0, 0.05) is 18.0 Å². The summed E-state index contributed by atoms with van der Waals surface area (Å²) in [5.41, 5.74) is 2.46. The van der Waals surface area contributed by atoms with Gasteiger partial charge in [0.05, 0.1) is 12.1 Å². The first kappa shape index (κ1) is 12.5. The number of carboxylic acids is 1. The van der Waals surface area contributed by atoms with Gasteiger partial charge in [-0.1, -0.05) is 13.8 Å². The minimum atomic E-state index is -0.866. The second-order valence-corrected chi connectivity index (χ2v) is 4.92. The largest absolute Gasteiger partial charge is 0.481 e. The Hall–Kier alpha value is -1.91. The molecule has 2 rings (SSSR count). The Morgan fingerprint density at radius 1 is 1.50 bits per heavy atom. The second kappa shape index (κ2) is 4.76. The molecular formula is C13H17N3O2. The van der Waals surface area contributed by atoms with E-state index in [4.69, 9.17) is 5.11 Å². The van der Waals surface area contributed by atoms with Crippen molar-refractivity contribution in [1.29, 1.82) is 0 Å². The monoisotopic (exact) mass is 247 g/mol. The minimum absolute atomic E-state index is 0.0533. The van der Waals surface area contributed by atoms with Crippen LogP contribution in [0.3, 0.4) is 0 Å². The summed E-state index contributed by atoms with van der Waals surface area (Å²) in [7, 11) is 0. The van der Waals surface area contributed by atoms with Crippen molar-refractivity contribution in [2.75, 3.05) is 0 Å². The number of imidazole rings is 1. The number of rotatable bonds is 4. The molecule has 0 radical (unpaired) electrons. The predicted octanol–water partition coefficient (Wildman–Crippen LogP) is 1.86. The maximum Gasteiger partial charge on any atom is 0.309 e. The van der Waals surface area contributed by atoms with E-state index >= 15 is 0 Å². The fraction of sp³-hybridized carbons (Fsp3) is 0.462. The first-order valence-corrected chi connectivity index (χ1v) is 6.01. The number of carboxylic acid groups (broad SMARTS) is 1. The molecule has 0 aliphatic rings. The molecule has 18 heavy (non-hydrogen) atoms. The highest BCUT2D eigenvalue weighted by atomic mass is 16.4. The third-order valence-corrected chi connectivity index (χ3v) is 2.76. The van der Waals surface area contributed by atoms with E-state index in [1.807, 2.05) is 17.5 Å². The predicted molar refractivity (Wildman–Crippen MR) is 67.6 cm³/mol. The Balaban J connectivity index is 2.50. The highest BCUT2D eigenvalue weighted by Crippen LogP contribution is 2.16.